The van der Waals surface area contributed by atoms with Gasteiger partial charge in [-0.05, 0) is 64.7 Å². The molecule has 0 amide bonds. The minimum absolute atomic E-state index is 0.0469. The maximum absolute atomic E-state index is 5.54. The molecule has 22 heavy (non-hydrogen) atoms. The van der Waals surface area contributed by atoms with Crippen molar-refractivity contribution >= 4 is 5.69 Å². The highest BCUT2D eigenvalue weighted by Gasteiger charge is 2.24. The summed E-state index contributed by atoms with van der Waals surface area (Å²) in [6.45, 7) is 11.0. The quantitative estimate of drug-likeness (QED) is 0.866. The van der Waals surface area contributed by atoms with Crippen LogP contribution in [-0.2, 0) is 4.74 Å². The Kier molecular flexibility index (Phi) is 5.87. The zero-order valence-corrected chi connectivity index (χ0v) is 14.9. The molecule has 0 unspecified atom stereocenters. The Morgan fingerprint density at radius 1 is 1.32 bits per heavy atom. The van der Waals surface area contributed by atoms with Crippen LogP contribution < -0.4 is 10.2 Å². The molecule has 1 fully saturated rings. The number of nitrogens with one attached hydrogen (secondary N) is 1. The fraction of sp³-hybridized carbons (Fsp3) is 0.684. The van der Waals surface area contributed by atoms with Crippen molar-refractivity contribution in [3.05, 3.63) is 29.8 Å². The van der Waals surface area contributed by atoms with Gasteiger partial charge >= 0.3 is 0 Å². The van der Waals surface area contributed by atoms with Crippen molar-refractivity contribution in [1.29, 1.82) is 0 Å². The summed E-state index contributed by atoms with van der Waals surface area (Å²) in [4.78, 5) is 2.51. The Bertz CT molecular complexity index is 464. The van der Waals surface area contributed by atoms with Gasteiger partial charge in [-0.1, -0.05) is 12.1 Å². The SMILES string of the molecule is COC(C)(C)C[C@@H](C)NC1CCN(c2cccc(C)c2)CC1. The fourth-order valence-corrected chi connectivity index (χ4v) is 3.41. The molecule has 1 aromatic rings. The molecule has 1 atom stereocenters. The van der Waals surface area contributed by atoms with Crippen LogP contribution in [0.15, 0.2) is 24.3 Å². The third-order valence-corrected chi connectivity index (χ3v) is 4.73. The van der Waals surface area contributed by atoms with Crippen LogP contribution in [0.4, 0.5) is 5.69 Å². The first-order chi connectivity index (χ1) is 10.4. The zero-order valence-electron chi connectivity index (χ0n) is 14.9. The maximum atomic E-state index is 5.54. The molecule has 1 aliphatic rings. The molecule has 1 aromatic carbocycles. The van der Waals surface area contributed by atoms with E-state index < -0.39 is 0 Å². The number of hydrogen-bond donors (Lipinski definition) is 1. The van der Waals surface area contributed by atoms with Gasteiger partial charge in [0.25, 0.3) is 0 Å². The van der Waals surface area contributed by atoms with E-state index in [0.29, 0.717) is 12.1 Å². The molecule has 1 aliphatic heterocycles. The van der Waals surface area contributed by atoms with Gasteiger partial charge in [-0.2, -0.15) is 0 Å². The van der Waals surface area contributed by atoms with Crippen LogP contribution >= 0.6 is 0 Å². The molecular formula is C19H32N2O. The molecule has 0 saturated carbocycles. The molecular weight excluding hydrogens is 272 g/mol. The van der Waals surface area contributed by atoms with E-state index in [2.05, 4.69) is 62.2 Å². The Hall–Kier alpha value is -1.06. The number of piperidine rings is 1. The first-order valence-electron chi connectivity index (χ1n) is 8.52. The van der Waals surface area contributed by atoms with Gasteiger partial charge in [0.1, 0.15) is 0 Å². The zero-order chi connectivity index (χ0) is 16.2. The van der Waals surface area contributed by atoms with E-state index in [-0.39, 0.29) is 5.60 Å². The van der Waals surface area contributed by atoms with Gasteiger partial charge in [-0.3, -0.25) is 0 Å². The average Bonchev–Trinajstić information content (AvgIpc) is 2.47. The molecule has 1 heterocycles. The van der Waals surface area contributed by atoms with Crippen LogP contribution in [0.1, 0.15) is 45.6 Å². The molecule has 0 aliphatic carbocycles. The van der Waals surface area contributed by atoms with Crippen LogP contribution in [0.25, 0.3) is 0 Å². The first-order valence-corrected chi connectivity index (χ1v) is 8.52. The molecule has 0 spiro atoms. The molecule has 1 saturated heterocycles. The van der Waals surface area contributed by atoms with Gasteiger partial charge in [0, 0.05) is 38.0 Å². The van der Waals surface area contributed by atoms with Crippen molar-refractivity contribution in [2.75, 3.05) is 25.1 Å². The Labute approximate surface area is 136 Å². The van der Waals surface area contributed by atoms with E-state index in [1.54, 1.807) is 7.11 Å². The molecule has 0 aromatic heterocycles. The van der Waals surface area contributed by atoms with Crippen LogP contribution in [0.2, 0.25) is 0 Å². The first kappa shape index (κ1) is 17.3. The highest BCUT2D eigenvalue weighted by atomic mass is 16.5. The topological polar surface area (TPSA) is 24.5 Å². The van der Waals surface area contributed by atoms with Crippen molar-refractivity contribution in [3.8, 4) is 0 Å². The molecule has 3 nitrogen and oxygen atoms in total. The summed E-state index contributed by atoms with van der Waals surface area (Å²) in [5.74, 6) is 0. The van der Waals surface area contributed by atoms with E-state index in [9.17, 15) is 0 Å². The highest BCUT2D eigenvalue weighted by Crippen LogP contribution is 2.22. The van der Waals surface area contributed by atoms with E-state index in [0.717, 1.165) is 19.5 Å². The van der Waals surface area contributed by atoms with E-state index in [1.165, 1.54) is 24.1 Å². The summed E-state index contributed by atoms with van der Waals surface area (Å²) in [6, 6.07) is 9.96. The number of methoxy groups -OCH3 is 1. The fourth-order valence-electron chi connectivity index (χ4n) is 3.41. The summed E-state index contributed by atoms with van der Waals surface area (Å²) in [7, 11) is 1.80. The summed E-state index contributed by atoms with van der Waals surface area (Å²) in [5.41, 5.74) is 2.66. The second-order valence-corrected chi connectivity index (χ2v) is 7.34. The van der Waals surface area contributed by atoms with Crippen molar-refractivity contribution in [2.45, 2.75) is 64.6 Å². The van der Waals surface area contributed by atoms with Gasteiger partial charge in [0.15, 0.2) is 0 Å². The maximum Gasteiger partial charge on any atom is 0.0637 e. The molecule has 0 bridgehead atoms. The molecule has 0 radical (unpaired) electrons. The van der Waals surface area contributed by atoms with Gasteiger partial charge in [0.2, 0.25) is 0 Å². The number of nitrogens with zero attached hydrogens (tertiary/aromatic N) is 1. The van der Waals surface area contributed by atoms with Crippen LogP contribution in [-0.4, -0.2) is 37.9 Å². The smallest absolute Gasteiger partial charge is 0.0637 e. The lowest BCUT2D eigenvalue weighted by atomic mass is 9.97. The Balaban J connectivity index is 1.80. The molecule has 3 heteroatoms. The summed E-state index contributed by atoms with van der Waals surface area (Å²) in [5, 5.41) is 3.79. The number of aryl methyl sites for hydroxylation is 1. The number of ether oxygens (including phenoxy) is 1. The number of hydrogen-bond acceptors (Lipinski definition) is 3. The monoisotopic (exact) mass is 304 g/mol. The number of anilines is 1. The standard InChI is InChI=1S/C19H32N2O/c1-15-7-6-8-18(13-15)21-11-9-17(10-12-21)20-16(2)14-19(3,4)22-5/h6-8,13,16-17,20H,9-12,14H2,1-5H3/t16-/m1/s1. The molecule has 1 N–H and O–H groups in total. The number of rotatable bonds is 6. The van der Waals surface area contributed by atoms with E-state index in [4.69, 9.17) is 4.74 Å². The lowest BCUT2D eigenvalue weighted by Crippen LogP contribution is -2.47. The number of benzene rings is 1. The van der Waals surface area contributed by atoms with E-state index >= 15 is 0 Å². The summed E-state index contributed by atoms with van der Waals surface area (Å²) in [6.07, 6.45) is 3.47. The molecule has 2 rings (SSSR count). The largest absolute Gasteiger partial charge is 0.379 e. The van der Waals surface area contributed by atoms with Gasteiger partial charge < -0.3 is 15.0 Å². The third-order valence-electron chi connectivity index (χ3n) is 4.73. The minimum atomic E-state index is -0.0469. The normalized spacial score (nSPS) is 18.5. The Morgan fingerprint density at radius 2 is 2.00 bits per heavy atom. The summed E-state index contributed by atoms with van der Waals surface area (Å²) >= 11 is 0. The predicted molar refractivity (Wildman–Crippen MR) is 94.7 cm³/mol. The van der Waals surface area contributed by atoms with Crippen molar-refractivity contribution in [2.24, 2.45) is 0 Å². The summed E-state index contributed by atoms with van der Waals surface area (Å²) < 4.78 is 5.54. The van der Waals surface area contributed by atoms with Crippen LogP contribution in [0.5, 0.6) is 0 Å². The lowest BCUT2D eigenvalue weighted by molar-refractivity contribution is 0.00744. The van der Waals surface area contributed by atoms with Crippen LogP contribution in [0, 0.1) is 6.92 Å². The van der Waals surface area contributed by atoms with Gasteiger partial charge in [0.05, 0.1) is 5.60 Å². The molecule has 124 valence electrons. The minimum Gasteiger partial charge on any atom is -0.379 e. The lowest BCUT2D eigenvalue weighted by Gasteiger charge is -2.36. The van der Waals surface area contributed by atoms with Gasteiger partial charge in [-0.25, -0.2) is 0 Å². The van der Waals surface area contributed by atoms with Crippen LogP contribution in [0.3, 0.4) is 0 Å². The van der Waals surface area contributed by atoms with Gasteiger partial charge in [-0.15, -0.1) is 0 Å². The van der Waals surface area contributed by atoms with Crippen molar-refractivity contribution in [3.63, 3.8) is 0 Å². The predicted octanol–water partition coefficient (Wildman–Crippen LogP) is 3.76. The average molecular weight is 304 g/mol. The second-order valence-electron chi connectivity index (χ2n) is 7.34. The highest BCUT2D eigenvalue weighted by molar-refractivity contribution is 5.48. The van der Waals surface area contributed by atoms with E-state index in [1.807, 2.05) is 0 Å². The third kappa shape index (κ3) is 4.99. The van der Waals surface area contributed by atoms with Crippen molar-refractivity contribution in [1.82, 2.24) is 5.32 Å². The van der Waals surface area contributed by atoms with Crippen molar-refractivity contribution < 1.29 is 4.74 Å². The Morgan fingerprint density at radius 3 is 2.59 bits per heavy atom. The second kappa shape index (κ2) is 7.47.